The van der Waals surface area contributed by atoms with Gasteiger partial charge >= 0.3 is 0 Å². The zero-order chi connectivity index (χ0) is 16.8. The van der Waals surface area contributed by atoms with Gasteiger partial charge < -0.3 is 5.32 Å². The van der Waals surface area contributed by atoms with E-state index in [0.717, 1.165) is 5.82 Å². The molecular formula is C16H15FN4OS2. The van der Waals surface area contributed by atoms with Crippen molar-refractivity contribution in [3.05, 3.63) is 63.9 Å². The van der Waals surface area contributed by atoms with Crippen molar-refractivity contribution in [2.24, 2.45) is 0 Å². The molecule has 5 nitrogen and oxygen atoms in total. The number of thiophene rings is 1. The average molecular weight is 362 g/mol. The first kappa shape index (κ1) is 16.7. The summed E-state index contributed by atoms with van der Waals surface area (Å²) in [6, 6.07) is 10.4. The van der Waals surface area contributed by atoms with Crippen LogP contribution in [0.2, 0.25) is 0 Å². The van der Waals surface area contributed by atoms with E-state index in [4.69, 9.17) is 0 Å². The van der Waals surface area contributed by atoms with Crippen LogP contribution in [0.1, 0.15) is 16.3 Å². The Morgan fingerprint density at radius 1 is 1.29 bits per heavy atom. The SMILES string of the molecule is O=C(CSc1n[nH]c(Cc2cccs2)n1)NCc1ccccc1F. The minimum Gasteiger partial charge on any atom is -0.351 e. The standard InChI is InChI=1S/C16H15FN4OS2/c17-13-6-2-1-4-11(13)9-18-15(22)10-24-16-19-14(20-21-16)8-12-5-3-7-23-12/h1-7H,8-10H2,(H,18,22)(H,19,20,21). The van der Waals surface area contributed by atoms with E-state index in [2.05, 4.69) is 20.5 Å². The average Bonchev–Trinajstić information content (AvgIpc) is 3.24. The van der Waals surface area contributed by atoms with Crippen LogP contribution < -0.4 is 5.32 Å². The van der Waals surface area contributed by atoms with Gasteiger partial charge in [-0.05, 0) is 17.5 Å². The lowest BCUT2D eigenvalue weighted by Gasteiger charge is -2.05. The van der Waals surface area contributed by atoms with Crippen molar-refractivity contribution < 1.29 is 9.18 Å². The highest BCUT2D eigenvalue weighted by Crippen LogP contribution is 2.16. The largest absolute Gasteiger partial charge is 0.351 e. The fourth-order valence-corrected chi connectivity index (χ4v) is 3.37. The lowest BCUT2D eigenvalue weighted by atomic mass is 10.2. The lowest BCUT2D eigenvalue weighted by Crippen LogP contribution is -2.25. The number of aromatic nitrogens is 3. The molecule has 0 saturated heterocycles. The van der Waals surface area contributed by atoms with Crippen molar-refractivity contribution in [1.29, 1.82) is 0 Å². The second-order valence-electron chi connectivity index (χ2n) is 4.98. The number of benzene rings is 1. The molecule has 0 saturated carbocycles. The van der Waals surface area contributed by atoms with E-state index in [1.807, 2.05) is 17.5 Å². The Balaban J connectivity index is 1.44. The van der Waals surface area contributed by atoms with Crippen LogP contribution in [-0.2, 0) is 17.8 Å². The third kappa shape index (κ3) is 4.65. The van der Waals surface area contributed by atoms with Gasteiger partial charge in [0, 0.05) is 23.4 Å². The molecule has 1 aromatic carbocycles. The van der Waals surface area contributed by atoms with E-state index in [-0.39, 0.29) is 24.0 Å². The van der Waals surface area contributed by atoms with Gasteiger partial charge in [-0.1, -0.05) is 36.0 Å². The summed E-state index contributed by atoms with van der Waals surface area (Å²) in [6.45, 7) is 0.170. The highest BCUT2D eigenvalue weighted by Gasteiger charge is 2.09. The molecule has 0 spiro atoms. The van der Waals surface area contributed by atoms with Gasteiger partial charge in [-0.15, -0.1) is 16.4 Å². The molecule has 0 fully saturated rings. The number of halogens is 1. The van der Waals surface area contributed by atoms with Crippen molar-refractivity contribution >= 4 is 29.0 Å². The van der Waals surface area contributed by atoms with Crippen LogP contribution in [0.3, 0.4) is 0 Å². The molecule has 2 heterocycles. The van der Waals surface area contributed by atoms with Crippen LogP contribution in [0.4, 0.5) is 4.39 Å². The van der Waals surface area contributed by atoms with Gasteiger partial charge in [-0.25, -0.2) is 9.37 Å². The molecule has 2 N–H and O–H groups in total. The molecule has 0 aliphatic rings. The van der Waals surface area contributed by atoms with Gasteiger partial charge in [0.2, 0.25) is 11.1 Å². The van der Waals surface area contributed by atoms with Crippen LogP contribution in [0, 0.1) is 5.82 Å². The number of carbonyl (C=O) groups is 1. The van der Waals surface area contributed by atoms with E-state index >= 15 is 0 Å². The highest BCUT2D eigenvalue weighted by molar-refractivity contribution is 7.99. The fraction of sp³-hybridized carbons (Fsp3) is 0.188. The van der Waals surface area contributed by atoms with Gasteiger partial charge in [0.25, 0.3) is 0 Å². The predicted octanol–water partition coefficient (Wildman–Crippen LogP) is 3.00. The zero-order valence-corrected chi connectivity index (χ0v) is 14.3. The maximum Gasteiger partial charge on any atom is 0.230 e. The van der Waals surface area contributed by atoms with Crippen LogP contribution in [-0.4, -0.2) is 26.8 Å². The summed E-state index contributed by atoms with van der Waals surface area (Å²) in [7, 11) is 0. The van der Waals surface area contributed by atoms with Crippen LogP contribution in [0.15, 0.2) is 46.9 Å². The Morgan fingerprint density at radius 2 is 2.17 bits per heavy atom. The van der Waals surface area contributed by atoms with Crippen molar-refractivity contribution in [3.8, 4) is 0 Å². The van der Waals surface area contributed by atoms with Crippen LogP contribution in [0.5, 0.6) is 0 Å². The smallest absolute Gasteiger partial charge is 0.230 e. The number of hydrogen-bond donors (Lipinski definition) is 2. The van der Waals surface area contributed by atoms with Crippen LogP contribution in [0.25, 0.3) is 0 Å². The van der Waals surface area contributed by atoms with Gasteiger partial charge in [-0.2, -0.15) is 0 Å². The van der Waals surface area contributed by atoms with Crippen molar-refractivity contribution in [2.75, 3.05) is 5.75 Å². The molecule has 0 bridgehead atoms. The number of thioether (sulfide) groups is 1. The number of rotatable bonds is 7. The molecule has 0 unspecified atom stereocenters. The first-order valence-corrected chi connectivity index (χ1v) is 9.14. The quantitative estimate of drug-likeness (QED) is 0.634. The third-order valence-electron chi connectivity index (χ3n) is 3.20. The Morgan fingerprint density at radius 3 is 2.96 bits per heavy atom. The predicted molar refractivity (Wildman–Crippen MR) is 92.5 cm³/mol. The number of H-pyrrole nitrogens is 1. The van der Waals surface area contributed by atoms with Crippen molar-refractivity contribution in [2.45, 2.75) is 18.1 Å². The second-order valence-corrected chi connectivity index (χ2v) is 6.95. The Hall–Kier alpha value is -2.19. The number of nitrogens with zero attached hydrogens (tertiary/aromatic N) is 2. The van der Waals surface area contributed by atoms with E-state index < -0.39 is 0 Å². The number of hydrogen-bond acceptors (Lipinski definition) is 5. The monoisotopic (exact) mass is 362 g/mol. The van der Waals surface area contributed by atoms with Crippen molar-refractivity contribution in [3.63, 3.8) is 0 Å². The molecule has 3 rings (SSSR count). The molecule has 124 valence electrons. The van der Waals surface area contributed by atoms with Gasteiger partial charge in [0.05, 0.1) is 5.75 Å². The fourth-order valence-electron chi connectivity index (χ4n) is 2.02. The summed E-state index contributed by atoms with van der Waals surface area (Å²) in [6.07, 6.45) is 0.699. The number of aromatic amines is 1. The highest BCUT2D eigenvalue weighted by atomic mass is 32.2. The zero-order valence-electron chi connectivity index (χ0n) is 12.7. The molecule has 8 heteroatoms. The molecular weight excluding hydrogens is 347 g/mol. The lowest BCUT2D eigenvalue weighted by molar-refractivity contribution is -0.118. The Labute approximate surface area is 146 Å². The number of carbonyl (C=O) groups excluding carboxylic acids is 1. The maximum absolute atomic E-state index is 13.5. The summed E-state index contributed by atoms with van der Waals surface area (Å²) < 4.78 is 13.5. The number of amides is 1. The van der Waals surface area contributed by atoms with E-state index in [9.17, 15) is 9.18 Å². The molecule has 0 aliphatic carbocycles. The molecule has 3 aromatic rings. The van der Waals surface area contributed by atoms with E-state index in [1.54, 1.807) is 29.5 Å². The Bertz CT molecular complexity index is 804. The topological polar surface area (TPSA) is 70.7 Å². The molecule has 24 heavy (non-hydrogen) atoms. The van der Waals surface area contributed by atoms with Gasteiger partial charge in [0.15, 0.2) is 0 Å². The Kier molecular flexibility index (Phi) is 5.60. The molecule has 0 radical (unpaired) electrons. The normalized spacial score (nSPS) is 10.7. The second kappa shape index (κ2) is 8.07. The van der Waals surface area contributed by atoms with E-state index in [0.29, 0.717) is 17.1 Å². The summed E-state index contributed by atoms with van der Waals surface area (Å²) >= 11 is 2.91. The molecule has 0 atom stereocenters. The minimum absolute atomic E-state index is 0.170. The third-order valence-corrected chi connectivity index (χ3v) is 4.92. The summed E-state index contributed by atoms with van der Waals surface area (Å²) in [5.41, 5.74) is 0.465. The minimum atomic E-state index is -0.322. The first-order valence-electron chi connectivity index (χ1n) is 7.27. The van der Waals surface area contributed by atoms with E-state index in [1.165, 1.54) is 22.7 Å². The van der Waals surface area contributed by atoms with Gasteiger partial charge in [0.1, 0.15) is 11.6 Å². The van der Waals surface area contributed by atoms with Crippen LogP contribution >= 0.6 is 23.1 Å². The van der Waals surface area contributed by atoms with Crippen molar-refractivity contribution in [1.82, 2.24) is 20.5 Å². The molecule has 1 amide bonds. The molecule has 0 aliphatic heterocycles. The molecule has 2 aromatic heterocycles. The summed E-state index contributed by atoms with van der Waals surface area (Å²) in [5.74, 6) is 0.447. The first-order chi connectivity index (χ1) is 11.7. The summed E-state index contributed by atoms with van der Waals surface area (Å²) in [4.78, 5) is 17.4. The van der Waals surface area contributed by atoms with Gasteiger partial charge in [-0.3, -0.25) is 9.89 Å². The summed E-state index contributed by atoms with van der Waals surface area (Å²) in [5, 5.41) is 12.2. The maximum atomic E-state index is 13.5. The number of nitrogens with one attached hydrogen (secondary N) is 2.